The Morgan fingerprint density at radius 1 is 1.26 bits per heavy atom. The molecular formula is C21H27FN8O. The van der Waals surface area contributed by atoms with Crippen LogP contribution in [0.4, 0.5) is 10.1 Å². The number of nitrogens with one attached hydrogen (secondary N) is 3. The summed E-state index contributed by atoms with van der Waals surface area (Å²) < 4.78 is 13.7. The van der Waals surface area contributed by atoms with Crippen molar-refractivity contribution in [3.05, 3.63) is 48.3 Å². The lowest BCUT2D eigenvalue weighted by atomic mass is 10.2. The summed E-state index contributed by atoms with van der Waals surface area (Å²) in [5.74, 6) is -0.232. The van der Waals surface area contributed by atoms with Gasteiger partial charge in [0.05, 0.1) is 11.9 Å². The average Bonchev–Trinajstić information content (AvgIpc) is 3.32. The molecule has 2 aromatic rings. The second kappa shape index (κ2) is 11.7. The molecule has 2 aromatic heterocycles. The van der Waals surface area contributed by atoms with E-state index in [9.17, 15) is 9.18 Å². The zero-order chi connectivity index (χ0) is 21.9. The van der Waals surface area contributed by atoms with Gasteiger partial charge in [-0.2, -0.15) is 5.26 Å². The standard InChI is InChI=1S/C21H27FN8O/c22-17-15-24-9-6-18(17)28-21(27-16-23)26-7-2-1-3-10-29-11-13-30(14-12-29)20(31)19-5-4-8-25-19/h4-6,8-9,15,25H,1-3,7,10-14H2,(H2,24,26,27,28). The maximum Gasteiger partial charge on any atom is 0.270 e. The lowest BCUT2D eigenvalue weighted by molar-refractivity contribution is 0.0630. The molecule has 1 aliphatic rings. The molecule has 0 radical (unpaired) electrons. The highest BCUT2D eigenvalue weighted by atomic mass is 19.1. The number of rotatable bonds is 8. The summed E-state index contributed by atoms with van der Waals surface area (Å²) in [5.41, 5.74) is 0.853. The Morgan fingerprint density at radius 2 is 2.10 bits per heavy atom. The molecule has 9 nitrogen and oxygen atoms in total. The van der Waals surface area contributed by atoms with E-state index in [4.69, 9.17) is 5.26 Å². The second-order valence-electron chi connectivity index (χ2n) is 7.23. The second-order valence-corrected chi connectivity index (χ2v) is 7.23. The molecule has 31 heavy (non-hydrogen) atoms. The van der Waals surface area contributed by atoms with E-state index in [0.717, 1.165) is 58.2 Å². The van der Waals surface area contributed by atoms with Gasteiger partial charge in [0.15, 0.2) is 12.0 Å². The fourth-order valence-electron chi connectivity index (χ4n) is 3.39. The smallest absolute Gasteiger partial charge is 0.270 e. The molecule has 3 rings (SSSR count). The van der Waals surface area contributed by atoms with Crippen molar-refractivity contribution in [2.24, 2.45) is 4.99 Å². The topological polar surface area (TPSA) is 112 Å². The molecule has 0 aliphatic carbocycles. The Kier molecular flexibility index (Phi) is 8.37. The van der Waals surface area contributed by atoms with Gasteiger partial charge >= 0.3 is 0 Å². The van der Waals surface area contributed by atoms with Crippen molar-refractivity contribution in [2.45, 2.75) is 19.3 Å². The van der Waals surface area contributed by atoms with Crippen LogP contribution in [-0.2, 0) is 0 Å². The van der Waals surface area contributed by atoms with Gasteiger partial charge in [0.1, 0.15) is 5.69 Å². The number of unbranched alkanes of at least 4 members (excludes halogenated alkanes) is 2. The van der Waals surface area contributed by atoms with E-state index in [2.05, 4.69) is 30.5 Å². The van der Waals surface area contributed by atoms with E-state index >= 15 is 0 Å². The van der Waals surface area contributed by atoms with Crippen LogP contribution < -0.4 is 10.6 Å². The maximum absolute atomic E-state index is 13.7. The summed E-state index contributed by atoms with van der Waals surface area (Å²) in [4.78, 5) is 27.6. The number of nitriles is 1. The number of nitrogens with zero attached hydrogens (tertiary/aromatic N) is 5. The number of guanidine groups is 1. The normalized spacial score (nSPS) is 14.8. The fourth-order valence-corrected chi connectivity index (χ4v) is 3.39. The van der Waals surface area contributed by atoms with Crippen molar-refractivity contribution in [1.29, 1.82) is 5.26 Å². The van der Waals surface area contributed by atoms with Gasteiger partial charge < -0.3 is 15.2 Å². The molecule has 1 fully saturated rings. The molecule has 3 heterocycles. The summed E-state index contributed by atoms with van der Waals surface area (Å²) >= 11 is 0. The first kappa shape index (κ1) is 22.2. The third-order valence-corrected chi connectivity index (χ3v) is 5.09. The number of hydrogen-bond donors (Lipinski definition) is 3. The summed E-state index contributed by atoms with van der Waals surface area (Å²) in [6.45, 7) is 4.75. The Bertz CT molecular complexity index is 900. The molecule has 1 amide bonds. The maximum atomic E-state index is 13.7. The van der Waals surface area contributed by atoms with E-state index in [1.807, 2.05) is 11.0 Å². The van der Waals surface area contributed by atoms with Crippen LogP contribution in [0.3, 0.4) is 0 Å². The Morgan fingerprint density at radius 3 is 2.81 bits per heavy atom. The van der Waals surface area contributed by atoms with Gasteiger partial charge in [0.25, 0.3) is 5.91 Å². The molecule has 10 heteroatoms. The van der Waals surface area contributed by atoms with Crippen molar-refractivity contribution in [1.82, 2.24) is 25.1 Å². The molecule has 0 saturated carbocycles. The number of pyridine rings is 1. The molecule has 0 aromatic carbocycles. The number of piperazine rings is 1. The Hall–Kier alpha value is -3.45. The minimum Gasteiger partial charge on any atom is -0.357 e. The number of anilines is 1. The predicted octanol–water partition coefficient (Wildman–Crippen LogP) is 2.02. The minimum absolute atomic E-state index is 0.0598. The Labute approximate surface area is 181 Å². The molecule has 3 N–H and O–H groups in total. The lowest BCUT2D eigenvalue weighted by Crippen LogP contribution is -2.48. The van der Waals surface area contributed by atoms with Crippen LogP contribution in [0, 0.1) is 17.3 Å². The summed E-state index contributed by atoms with van der Waals surface area (Å²) in [7, 11) is 0. The van der Waals surface area contributed by atoms with Gasteiger partial charge in [-0.05, 0) is 37.6 Å². The summed E-state index contributed by atoms with van der Waals surface area (Å²) in [6.07, 6.45) is 9.03. The van der Waals surface area contributed by atoms with Crippen molar-refractivity contribution in [2.75, 3.05) is 44.6 Å². The predicted molar refractivity (Wildman–Crippen MR) is 116 cm³/mol. The lowest BCUT2D eigenvalue weighted by Gasteiger charge is -2.34. The van der Waals surface area contributed by atoms with Crippen molar-refractivity contribution >= 4 is 17.6 Å². The van der Waals surface area contributed by atoms with Crippen molar-refractivity contribution in [3.8, 4) is 6.19 Å². The SMILES string of the molecule is N#CNC(=NCCCCCN1CCN(C(=O)c2ccc[nH]2)CC1)Nc1ccncc1F. The zero-order valence-electron chi connectivity index (χ0n) is 17.4. The monoisotopic (exact) mass is 426 g/mol. The summed E-state index contributed by atoms with van der Waals surface area (Å²) in [5, 5.41) is 14.1. The number of halogens is 1. The molecule has 1 aliphatic heterocycles. The number of aliphatic imine (C=N–C) groups is 1. The number of hydrogen-bond acceptors (Lipinski definition) is 5. The molecule has 0 unspecified atom stereocenters. The van der Waals surface area contributed by atoms with Gasteiger partial charge in [-0.3, -0.25) is 25.0 Å². The molecule has 0 spiro atoms. The van der Waals surface area contributed by atoms with Gasteiger partial charge in [-0.15, -0.1) is 0 Å². The van der Waals surface area contributed by atoms with E-state index in [0.29, 0.717) is 12.2 Å². The quantitative estimate of drug-likeness (QED) is 0.196. The number of carbonyl (C=O) groups is 1. The minimum atomic E-state index is -0.510. The first-order valence-corrected chi connectivity index (χ1v) is 10.4. The van der Waals surface area contributed by atoms with Crippen LogP contribution in [0.5, 0.6) is 0 Å². The van der Waals surface area contributed by atoms with Gasteiger partial charge in [-0.1, -0.05) is 6.42 Å². The van der Waals surface area contributed by atoms with Crippen LogP contribution in [0.1, 0.15) is 29.8 Å². The van der Waals surface area contributed by atoms with Crippen molar-refractivity contribution < 1.29 is 9.18 Å². The van der Waals surface area contributed by atoms with Gasteiger partial charge in [-0.25, -0.2) is 4.39 Å². The van der Waals surface area contributed by atoms with E-state index in [1.165, 1.54) is 12.3 Å². The third-order valence-electron chi connectivity index (χ3n) is 5.09. The number of carbonyl (C=O) groups excluding carboxylic acids is 1. The first-order valence-electron chi connectivity index (χ1n) is 10.4. The van der Waals surface area contributed by atoms with E-state index < -0.39 is 5.82 Å². The summed E-state index contributed by atoms with van der Waals surface area (Å²) in [6, 6.07) is 5.12. The van der Waals surface area contributed by atoms with Gasteiger partial charge in [0, 0.05) is 45.1 Å². The molecular weight excluding hydrogens is 399 g/mol. The van der Waals surface area contributed by atoms with Crippen LogP contribution in [-0.4, -0.2) is 70.9 Å². The molecule has 1 saturated heterocycles. The number of amides is 1. The van der Waals surface area contributed by atoms with Crippen LogP contribution in [0.25, 0.3) is 0 Å². The number of aromatic nitrogens is 2. The van der Waals surface area contributed by atoms with Crippen molar-refractivity contribution in [3.63, 3.8) is 0 Å². The fraction of sp³-hybridized carbons (Fsp3) is 0.429. The van der Waals surface area contributed by atoms with Crippen LogP contribution in [0.2, 0.25) is 0 Å². The largest absolute Gasteiger partial charge is 0.357 e. The third kappa shape index (κ3) is 6.79. The number of aromatic amines is 1. The molecule has 0 atom stereocenters. The van der Waals surface area contributed by atoms with Crippen LogP contribution in [0.15, 0.2) is 41.8 Å². The highest BCUT2D eigenvalue weighted by Crippen LogP contribution is 2.11. The van der Waals surface area contributed by atoms with E-state index in [1.54, 1.807) is 18.5 Å². The highest BCUT2D eigenvalue weighted by molar-refractivity contribution is 5.94. The first-order chi connectivity index (χ1) is 15.2. The van der Waals surface area contributed by atoms with Crippen LogP contribution >= 0.6 is 0 Å². The molecule has 0 bridgehead atoms. The average molecular weight is 427 g/mol. The van der Waals surface area contributed by atoms with Gasteiger partial charge in [0.2, 0.25) is 5.96 Å². The zero-order valence-corrected chi connectivity index (χ0v) is 17.4. The molecule has 164 valence electrons. The Balaban J connectivity index is 1.32. The highest BCUT2D eigenvalue weighted by Gasteiger charge is 2.22. The van der Waals surface area contributed by atoms with E-state index in [-0.39, 0.29) is 17.6 Å². The number of H-pyrrole nitrogens is 1.